The molecule has 1 aliphatic carbocycles. The molecule has 2 amide bonds. The van der Waals surface area contributed by atoms with Crippen molar-refractivity contribution >= 4 is 33.4 Å². The Morgan fingerprint density at radius 2 is 1.64 bits per heavy atom. The molecule has 6 nitrogen and oxygen atoms in total. The number of piperidine rings is 1. The highest BCUT2D eigenvalue weighted by Crippen LogP contribution is 2.38. The number of rotatable bonds is 3. The zero-order valence-electron chi connectivity index (χ0n) is 13.9. The normalized spacial score (nSPS) is 20.3. The molecular weight excluding hydrogens is 388 g/mol. The number of hydrogen-bond donors (Lipinski definition) is 1. The van der Waals surface area contributed by atoms with Gasteiger partial charge in [-0.3, -0.25) is 9.59 Å². The van der Waals surface area contributed by atoms with Gasteiger partial charge in [0.25, 0.3) is 0 Å². The largest absolute Gasteiger partial charge is 0.486 e. The molecule has 1 saturated carbocycles. The zero-order valence-corrected chi connectivity index (χ0v) is 15.5. The van der Waals surface area contributed by atoms with Crippen LogP contribution in [0, 0.1) is 11.8 Å². The number of nitrogens with zero attached hydrogens (tertiary/aromatic N) is 1. The Balaban J connectivity index is 1.37. The zero-order chi connectivity index (χ0) is 17.4. The van der Waals surface area contributed by atoms with E-state index in [0.717, 1.165) is 17.3 Å². The first-order chi connectivity index (χ1) is 12.1. The van der Waals surface area contributed by atoms with Gasteiger partial charge < -0.3 is 19.7 Å². The predicted molar refractivity (Wildman–Crippen MR) is 95.8 cm³/mol. The Morgan fingerprint density at radius 1 is 1.00 bits per heavy atom. The highest BCUT2D eigenvalue weighted by atomic mass is 79.9. The molecule has 0 radical (unpaired) electrons. The van der Waals surface area contributed by atoms with Crippen molar-refractivity contribution in [3.8, 4) is 11.5 Å². The quantitative estimate of drug-likeness (QED) is 0.834. The molecule has 7 heteroatoms. The number of carbonyl (C=O) groups excluding carboxylic acids is 2. The minimum atomic E-state index is -0.0663. The Hall–Kier alpha value is -1.76. The molecule has 0 unspecified atom stereocenters. The highest BCUT2D eigenvalue weighted by molar-refractivity contribution is 9.10. The van der Waals surface area contributed by atoms with Crippen molar-refractivity contribution in [1.29, 1.82) is 0 Å². The predicted octanol–water partition coefficient (Wildman–Crippen LogP) is 2.81. The minimum Gasteiger partial charge on any atom is -0.486 e. The van der Waals surface area contributed by atoms with Gasteiger partial charge in [-0.1, -0.05) is 0 Å². The van der Waals surface area contributed by atoms with Crippen LogP contribution in [0.2, 0.25) is 0 Å². The van der Waals surface area contributed by atoms with Gasteiger partial charge >= 0.3 is 0 Å². The second-order valence-electron chi connectivity index (χ2n) is 6.84. The molecule has 3 aliphatic rings. The van der Waals surface area contributed by atoms with Crippen LogP contribution in [0.1, 0.15) is 25.7 Å². The van der Waals surface area contributed by atoms with Gasteiger partial charge in [0.1, 0.15) is 13.2 Å². The van der Waals surface area contributed by atoms with E-state index in [1.807, 2.05) is 11.0 Å². The van der Waals surface area contributed by atoms with Gasteiger partial charge in [0.2, 0.25) is 11.8 Å². The van der Waals surface area contributed by atoms with E-state index in [0.29, 0.717) is 56.3 Å². The molecule has 0 aromatic heterocycles. The number of ether oxygens (including phenoxy) is 2. The molecule has 1 N–H and O–H groups in total. The lowest BCUT2D eigenvalue weighted by molar-refractivity contribution is -0.135. The molecule has 4 rings (SSSR count). The lowest BCUT2D eigenvalue weighted by Gasteiger charge is -2.31. The molecule has 1 aromatic carbocycles. The summed E-state index contributed by atoms with van der Waals surface area (Å²) >= 11 is 3.48. The van der Waals surface area contributed by atoms with E-state index in [2.05, 4.69) is 21.2 Å². The summed E-state index contributed by atoms with van der Waals surface area (Å²) in [6.45, 7) is 2.39. The lowest BCUT2D eigenvalue weighted by Crippen LogP contribution is -2.42. The molecule has 2 heterocycles. The maximum Gasteiger partial charge on any atom is 0.227 e. The standard InChI is InChI=1S/C18H21BrN2O4/c19-13-9-15-16(25-8-7-24-15)10-14(13)20-17(22)11-3-5-21(6-4-11)18(23)12-1-2-12/h9-12H,1-8H2,(H,20,22). The van der Waals surface area contributed by atoms with Crippen molar-refractivity contribution in [3.63, 3.8) is 0 Å². The van der Waals surface area contributed by atoms with Crippen LogP contribution in [0.5, 0.6) is 11.5 Å². The van der Waals surface area contributed by atoms with Gasteiger partial charge in [0, 0.05) is 41.5 Å². The molecule has 0 spiro atoms. The van der Waals surface area contributed by atoms with Gasteiger partial charge in [-0.15, -0.1) is 0 Å². The van der Waals surface area contributed by atoms with Crippen molar-refractivity contribution in [1.82, 2.24) is 4.90 Å². The fourth-order valence-corrected chi connectivity index (χ4v) is 3.77. The van der Waals surface area contributed by atoms with Crippen LogP contribution in [0.3, 0.4) is 0 Å². The van der Waals surface area contributed by atoms with Crippen molar-refractivity contribution in [2.75, 3.05) is 31.6 Å². The lowest BCUT2D eigenvalue weighted by atomic mass is 9.95. The van der Waals surface area contributed by atoms with E-state index in [1.165, 1.54) is 0 Å². The molecule has 2 aliphatic heterocycles. The molecule has 1 saturated heterocycles. The number of hydrogen-bond acceptors (Lipinski definition) is 4. The second kappa shape index (κ2) is 6.86. The maximum atomic E-state index is 12.6. The van der Waals surface area contributed by atoms with Crippen LogP contribution >= 0.6 is 15.9 Å². The molecular formula is C18H21BrN2O4. The molecule has 134 valence electrons. The highest BCUT2D eigenvalue weighted by Gasteiger charge is 2.36. The van der Waals surface area contributed by atoms with E-state index in [4.69, 9.17) is 9.47 Å². The summed E-state index contributed by atoms with van der Waals surface area (Å²) in [4.78, 5) is 26.6. The number of benzene rings is 1. The third kappa shape index (κ3) is 3.61. The van der Waals surface area contributed by atoms with Crippen LogP contribution in [0.15, 0.2) is 16.6 Å². The molecule has 0 bridgehead atoms. The number of halogens is 1. The number of fused-ring (bicyclic) bond motifs is 1. The van der Waals surface area contributed by atoms with Crippen LogP contribution in [-0.2, 0) is 9.59 Å². The fraction of sp³-hybridized carbons (Fsp3) is 0.556. The van der Waals surface area contributed by atoms with Gasteiger partial charge in [-0.25, -0.2) is 0 Å². The number of likely N-dealkylation sites (tertiary alicyclic amines) is 1. The summed E-state index contributed by atoms with van der Waals surface area (Å²) in [7, 11) is 0. The van der Waals surface area contributed by atoms with Crippen molar-refractivity contribution in [2.24, 2.45) is 11.8 Å². The Bertz CT molecular complexity index is 697. The number of anilines is 1. The molecule has 0 atom stereocenters. The summed E-state index contributed by atoms with van der Waals surface area (Å²) < 4.78 is 11.9. The average molecular weight is 409 g/mol. The second-order valence-corrected chi connectivity index (χ2v) is 7.69. The first-order valence-electron chi connectivity index (χ1n) is 8.80. The third-order valence-electron chi connectivity index (χ3n) is 4.99. The summed E-state index contributed by atoms with van der Waals surface area (Å²) in [5, 5.41) is 2.98. The Morgan fingerprint density at radius 3 is 2.28 bits per heavy atom. The summed E-state index contributed by atoms with van der Waals surface area (Å²) in [6, 6.07) is 3.61. The van der Waals surface area contributed by atoms with Crippen LogP contribution in [0.25, 0.3) is 0 Å². The van der Waals surface area contributed by atoms with E-state index in [9.17, 15) is 9.59 Å². The molecule has 1 aromatic rings. The Labute approximate surface area is 155 Å². The number of carbonyl (C=O) groups is 2. The van der Waals surface area contributed by atoms with E-state index in [1.54, 1.807) is 6.07 Å². The summed E-state index contributed by atoms with van der Waals surface area (Å²) in [5.41, 5.74) is 0.686. The summed E-state index contributed by atoms with van der Waals surface area (Å²) in [6.07, 6.45) is 3.48. The van der Waals surface area contributed by atoms with Crippen LogP contribution in [0.4, 0.5) is 5.69 Å². The molecule has 25 heavy (non-hydrogen) atoms. The minimum absolute atomic E-state index is 0.00380. The van der Waals surface area contributed by atoms with Gasteiger partial charge in [0.15, 0.2) is 11.5 Å². The van der Waals surface area contributed by atoms with E-state index in [-0.39, 0.29) is 23.7 Å². The van der Waals surface area contributed by atoms with Crippen molar-refractivity contribution < 1.29 is 19.1 Å². The third-order valence-corrected chi connectivity index (χ3v) is 5.65. The smallest absolute Gasteiger partial charge is 0.227 e. The van der Waals surface area contributed by atoms with E-state index >= 15 is 0 Å². The first-order valence-corrected chi connectivity index (χ1v) is 9.60. The average Bonchev–Trinajstić information content (AvgIpc) is 3.47. The van der Waals surface area contributed by atoms with E-state index < -0.39 is 0 Å². The summed E-state index contributed by atoms with van der Waals surface area (Å²) in [5.74, 6) is 1.78. The monoisotopic (exact) mass is 408 g/mol. The maximum absolute atomic E-state index is 12.6. The fourth-order valence-electron chi connectivity index (χ4n) is 3.35. The van der Waals surface area contributed by atoms with Gasteiger partial charge in [-0.05, 0) is 41.6 Å². The number of nitrogens with one attached hydrogen (secondary N) is 1. The molecule has 2 fully saturated rings. The van der Waals surface area contributed by atoms with Gasteiger partial charge in [0.05, 0.1) is 5.69 Å². The SMILES string of the molecule is O=C(Nc1cc2c(cc1Br)OCCO2)C1CCN(C(=O)C2CC2)CC1. The Kier molecular flexibility index (Phi) is 4.58. The van der Waals surface area contributed by atoms with Crippen molar-refractivity contribution in [2.45, 2.75) is 25.7 Å². The first kappa shape index (κ1) is 16.7. The van der Waals surface area contributed by atoms with Crippen LogP contribution < -0.4 is 14.8 Å². The van der Waals surface area contributed by atoms with Crippen LogP contribution in [-0.4, -0.2) is 43.0 Å². The van der Waals surface area contributed by atoms with Crippen molar-refractivity contribution in [3.05, 3.63) is 16.6 Å². The topological polar surface area (TPSA) is 67.9 Å². The van der Waals surface area contributed by atoms with Gasteiger partial charge in [-0.2, -0.15) is 0 Å². The number of amides is 2.